The minimum absolute atomic E-state index is 0.149. The first kappa shape index (κ1) is 12.3. The number of hydrogen-bond donors (Lipinski definition) is 2. The molecule has 0 aliphatic carbocycles. The van der Waals surface area contributed by atoms with Gasteiger partial charge in [-0.15, -0.1) is 0 Å². The molecule has 100 valence electrons. The third kappa shape index (κ3) is 2.23. The van der Waals surface area contributed by atoms with Crippen LogP contribution in [0.4, 0.5) is 14.7 Å². The number of rotatable bonds is 2. The van der Waals surface area contributed by atoms with E-state index in [0.717, 1.165) is 18.2 Å². The van der Waals surface area contributed by atoms with E-state index in [-0.39, 0.29) is 11.5 Å². The predicted octanol–water partition coefficient (Wildman–Crippen LogP) is 3.00. The number of hydrogen-bond acceptors (Lipinski definition) is 3. The van der Waals surface area contributed by atoms with Gasteiger partial charge in [-0.3, -0.25) is 0 Å². The molecule has 3 N–H and O–H groups in total. The van der Waals surface area contributed by atoms with Crippen LogP contribution in [0.1, 0.15) is 0 Å². The molecule has 0 aliphatic rings. The Morgan fingerprint density at radius 3 is 2.60 bits per heavy atom. The zero-order valence-electron chi connectivity index (χ0n) is 10.3. The van der Waals surface area contributed by atoms with Gasteiger partial charge in [0, 0.05) is 17.5 Å². The van der Waals surface area contributed by atoms with E-state index < -0.39 is 11.6 Å². The van der Waals surface area contributed by atoms with Crippen LogP contribution in [-0.2, 0) is 0 Å². The van der Waals surface area contributed by atoms with Crippen molar-refractivity contribution >= 4 is 5.95 Å². The molecule has 6 heteroatoms. The fourth-order valence-corrected chi connectivity index (χ4v) is 1.93. The van der Waals surface area contributed by atoms with E-state index in [1.807, 2.05) is 0 Å². The van der Waals surface area contributed by atoms with Crippen LogP contribution in [0.2, 0.25) is 0 Å². The highest BCUT2D eigenvalue weighted by molar-refractivity contribution is 5.67. The van der Waals surface area contributed by atoms with Gasteiger partial charge in [0.2, 0.25) is 5.95 Å². The Labute approximate surface area is 113 Å². The summed E-state index contributed by atoms with van der Waals surface area (Å²) >= 11 is 0. The fraction of sp³-hybridized carbons (Fsp3) is 0. The number of nitrogens with one attached hydrogen (secondary N) is 1. The fourth-order valence-electron chi connectivity index (χ4n) is 1.93. The third-order valence-electron chi connectivity index (χ3n) is 2.85. The Kier molecular flexibility index (Phi) is 2.90. The molecule has 0 fully saturated rings. The van der Waals surface area contributed by atoms with Gasteiger partial charge in [-0.1, -0.05) is 0 Å². The summed E-state index contributed by atoms with van der Waals surface area (Å²) < 4.78 is 26.9. The normalized spacial score (nSPS) is 10.7. The number of anilines is 1. The average molecular weight is 272 g/mol. The Morgan fingerprint density at radius 1 is 1.00 bits per heavy atom. The quantitative estimate of drug-likeness (QED) is 0.753. The van der Waals surface area contributed by atoms with Crippen LogP contribution in [0.25, 0.3) is 22.6 Å². The standard InChI is InChI=1S/C14H10F2N4/c15-8-1-2-10(16)9(7-8)11-3-4-12(19-11)13-5-6-18-14(17)20-13/h1-7,19H,(H2,17,18,20). The molecule has 0 radical (unpaired) electrons. The summed E-state index contributed by atoms with van der Waals surface area (Å²) in [7, 11) is 0. The molecular weight excluding hydrogens is 262 g/mol. The molecule has 2 aromatic heterocycles. The first-order chi connectivity index (χ1) is 9.63. The zero-order valence-corrected chi connectivity index (χ0v) is 10.3. The highest BCUT2D eigenvalue weighted by Crippen LogP contribution is 2.26. The number of H-pyrrole nitrogens is 1. The van der Waals surface area contributed by atoms with Gasteiger partial charge in [0.25, 0.3) is 0 Å². The number of halogens is 2. The molecule has 0 aliphatic heterocycles. The van der Waals surface area contributed by atoms with Gasteiger partial charge in [0.15, 0.2) is 0 Å². The number of nitrogens with two attached hydrogens (primary N) is 1. The van der Waals surface area contributed by atoms with Crippen molar-refractivity contribution in [2.45, 2.75) is 0 Å². The Morgan fingerprint density at radius 2 is 1.80 bits per heavy atom. The molecule has 4 nitrogen and oxygen atoms in total. The molecule has 1 aromatic carbocycles. The number of nitrogens with zero attached hydrogens (tertiary/aromatic N) is 2. The Hall–Kier alpha value is -2.76. The molecule has 0 atom stereocenters. The second-order valence-electron chi connectivity index (χ2n) is 4.21. The van der Waals surface area contributed by atoms with E-state index in [9.17, 15) is 8.78 Å². The van der Waals surface area contributed by atoms with Gasteiger partial charge >= 0.3 is 0 Å². The Balaban J connectivity index is 2.04. The molecule has 0 saturated carbocycles. The van der Waals surface area contributed by atoms with Crippen LogP contribution in [0, 0.1) is 11.6 Å². The summed E-state index contributed by atoms with van der Waals surface area (Å²) in [4.78, 5) is 10.8. The molecule has 0 spiro atoms. The lowest BCUT2D eigenvalue weighted by Gasteiger charge is -2.01. The maximum absolute atomic E-state index is 13.7. The first-order valence-corrected chi connectivity index (χ1v) is 5.87. The van der Waals surface area contributed by atoms with E-state index in [4.69, 9.17) is 5.73 Å². The van der Waals surface area contributed by atoms with Crippen LogP contribution in [0.3, 0.4) is 0 Å². The van der Waals surface area contributed by atoms with Crippen molar-refractivity contribution in [3.05, 3.63) is 54.2 Å². The van der Waals surface area contributed by atoms with Crippen molar-refractivity contribution in [3.8, 4) is 22.6 Å². The van der Waals surface area contributed by atoms with E-state index in [1.54, 1.807) is 18.2 Å². The summed E-state index contributed by atoms with van der Waals surface area (Å²) in [6.07, 6.45) is 1.53. The van der Waals surface area contributed by atoms with Crippen LogP contribution in [-0.4, -0.2) is 15.0 Å². The van der Waals surface area contributed by atoms with Crippen molar-refractivity contribution in [3.63, 3.8) is 0 Å². The molecule has 0 unspecified atom stereocenters. The van der Waals surface area contributed by atoms with E-state index in [1.165, 1.54) is 6.20 Å². The van der Waals surface area contributed by atoms with Crippen molar-refractivity contribution in [2.75, 3.05) is 5.73 Å². The van der Waals surface area contributed by atoms with Crippen molar-refractivity contribution in [1.82, 2.24) is 15.0 Å². The highest BCUT2D eigenvalue weighted by Gasteiger charge is 2.10. The second kappa shape index (κ2) is 4.73. The largest absolute Gasteiger partial charge is 0.368 e. The molecule has 3 aromatic rings. The van der Waals surface area contributed by atoms with Crippen molar-refractivity contribution < 1.29 is 8.78 Å². The lowest BCUT2D eigenvalue weighted by atomic mass is 10.1. The van der Waals surface area contributed by atoms with E-state index in [2.05, 4.69) is 15.0 Å². The van der Waals surface area contributed by atoms with Crippen molar-refractivity contribution in [2.24, 2.45) is 0 Å². The summed E-state index contributed by atoms with van der Waals surface area (Å²) in [5, 5.41) is 0. The molecule has 0 amide bonds. The molecule has 0 saturated heterocycles. The van der Waals surface area contributed by atoms with Gasteiger partial charge < -0.3 is 10.7 Å². The number of nitrogen functional groups attached to an aromatic ring is 1. The summed E-state index contributed by atoms with van der Waals surface area (Å²) in [5.41, 5.74) is 7.38. The monoisotopic (exact) mass is 272 g/mol. The first-order valence-electron chi connectivity index (χ1n) is 5.87. The lowest BCUT2D eigenvalue weighted by molar-refractivity contribution is 0.603. The predicted molar refractivity (Wildman–Crippen MR) is 71.6 cm³/mol. The third-order valence-corrected chi connectivity index (χ3v) is 2.85. The van der Waals surface area contributed by atoms with E-state index >= 15 is 0 Å². The van der Waals surface area contributed by atoms with E-state index in [0.29, 0.717) is 17.1 Å². The molecule has 20 heavy (non-hydrogen) atoms. The number of benzene rings is 1. The van der Waals surface area contributed by atoms with Crippen LogP contribution in [0.5, 0.6) is 0 Å². The van der Waals surface area contributed by atoms with Crippen LogP contribution >= 0.6 is 0 Å². The van der Waals surface area contributed by atoms with Gasteiger partial charge in [-0.2, -0.15) is 0 Å². The highest BCUT2D eigenvalue weighted by atomic mass is 19.1. The van der Waals surface area contributed by atoms with Gasteiger partial charge in [0.1, 0.15) is 11.6 Å². The van der Waals surface area contributed by atoms with Gasteiger partial charge in [0.05, 0.1) is 11.4 Å². The van der Waals surface area contributed by atoms with Crippen molar-refractivity contribution in [1.29, 1.82) is 0 Å². The molecule has 2 heterocycles. The van der Waals surface area contributed by atoms with Gasteiger partial charge in [-0.25, -0.2) is 18.7 Å². The molecule has 3 rings (SSSR count). The average Bonchev–Trinajstić information content (AvgIpc) is 2.91. The smallest absolute Gasteiger partial charge is 0.220 e. The number of aromatic amines is 1. The molecular formula is C14H10F2N4. The molecule has 0 bridgehead atoms. The minimum Gasteiger partial charge on any atom is -0.368 e. The lowest BCUT2D eigenvalue weighted by Crippen LogP contribution is -1.95. The topological polar surface area (TPSA) is 67.6 Å². The van der Waals surface area contributed by atoms with Crippen LogP contribution < -0.4 is 5.73 Å². The number of aromatic nitrogens is 3. The van der Waals surface area contributed by atoms with Crippen LogP contribution in [0.15, 0.2) is 42.6 Å². The second-order valence-corrected chi connectivity index (χ2v) is 4.21. The maximum atomic E-state index is 13.7. The summed E-state index contributed by atoms with van der Waals surface area (Å²) in [6.45, 7) is 0. The maximum Gasteiger partial charge on any atom is 0.220 e. The zero-order chi connectivity index (χ0) is 14.1. The summed E-state index contributed by atoms with van der Waals surface area (Å²) in [5.74, 6) is -0.846. The SMILES string of the molecule is Nc1nccc(-c2ccc(-c3cc(F)ccc3F)[nH]2)n1. The minimum atomic E-state index is -0.498. The Bertz CT molecular complexity index is 767. The van der Waals surface area contributed by atoms with Gasteiger partial charge in [-0.05, 0) is 36.4 Å². The summed E-state index contributed by atoms with van der Waals surface area (Å²) in [6, 6.07) is 8.36.